The maximum absolute atomic E-state index is 13.0. The third-order valence-corrected chi connectivity index (χ3v) is 5.49. The Kier molecular flexibility index (Phi) is 10.7. The number of carbonyl (C=O) groups excluding carboxylic acids is 1. The molecule has 0 saturated carbocycles. The van der Waals surface area contributed by atoms with Crippen molar-refractivity contribution < 1.29 is 28.6 Å². The third kappa shape index (κ3) is 8.02. The number of carboxylic acid groups (broad SMARTS) is 1. The molecular formula is C24H26Cl2N4O6. The SMILES string of the molecule is NCCOCCOCC(NCc1ccc(-c2cc(Cl)ccc2Cl)o1)C(=O)Nc1ccncc1C(=O)O. The van der Waals surface area contributed by atoms with Gasteiger partial charge in [-0.15, -0.1) is 0 Å². The highest BCUT2D eigenvalue weighted by atomic mass is 35.5. The lowest BCUT2D eigenvalue weighted by atomic mass is 10.2. The summed E-state index contributed by atoms with van der Waals surface area (Å²) in [5, 5.41) is 16.1. The number of carboxylic acids is 1. The number of amides is 1. The molecule has 2 heterocycles. The van der Waals surface area contributed by atoms with Crippen molar-refractivity contribution in [1.29, 1.82) is 0 Å². The first kappa shape index (κ1) is 27.6. The Balaban J connectivity index is 1.67. The fourth-order valence-corrected chi connectivity index (χ4v) is 3.54. The van der Waals surface area contributed by atoms with E-state index in [0.29, 0.717) is 46.9 Å². The van der Waals surface area contributed by atoms with E-state index < -0.39 is 17.9 Å². The van der Waals surface area contributed by atoms with Gasteiger partial charge in [0.1, 0.15) is 23.1 Å². The molecule has 10 nitrogen and oxygen atoms in total. The van der Waals surface area contributed by atoms with Crippen molar-refractivity contribution in [2.24, 2.45) is 5.73 Å². The van der Waals surface area contributed by atoms with Gasteiger partial charge >= 0.3 is 5.97 Å². The number of halogens is 2. The number of aromatic nitrogens is 1. The first-order chi connectivity index (χ1) is 17.4. The monoisotopic (exact) mass is 536 g/mol. The maximum Gasteiger partial charge on any atom is 0.339 e. The molecule has 12 heteroatoms. The summed E-state index contributed by atoms with van der Waals surface area (Å²) >= 11 is 12.3. The molecule has 0 fully saturated rings. The van der Waals surface area contributed by atoms with Gasteiger partial charge < -0.3 is 30.0 Å². The van der Waals surface area contributed by atoms with Gasteiger partial charge in [-0.2, -0.15) is 0 Å². The van der Waals surface area contributed by atoms with E-state index in [9.17, 15) is 14.7 Å². The summed E-state index contributed by atoms with van der Waals surface area (Å²) in [6, 6.07) is 9.14. The second-order valence-corrected chi connectivity index (χ2v) is 8.36. The van der Waals surface area contributed by atoms with Crippen LogP contribution in [0.15, 0.2) is 53.2 Å². The van der Waals surface area contributed by atoms with Gasteiger partial charge in [0.25, 0.3) is 0 Å². The number of hydrogen-bond acceptors (Lipinski definition) is 8. The van der Waals surface area contributed by atoms with Crippen LogP contribution < -0.4 is 16.4 Å². The number of nitrogens with two attached hydrogens (primary N) is 1. The summed E-state index contributed by atoms with van der Waals surface area (Å²) in [6.45, 7) is 1.56. The van der Waals surface area contributed by atoms with Gasteiger partial charge in [0.05, 0.1) is 43.7 Å². The van der Waals surface area contributed by atoms with E-state index in [1.54, 1.807) is 30.3 Å². The minimum Gasteiger partial charge on any atom is -0.478 e. The Morgan fingerprint density at radius 3 is 2.69 bits per heavy atom. The van der Waals surface area contributed by atoms with Crippen LogP contribution in [0.1, 0.15) is 16.1 Å². The number of hydrogen-bond donors (Lipinski definition) is 4. The number of furan rings is 1. The van der Waals surface area contributed by atoms with Crippen molar-refractivity contribution in [2.75, 3.05) is 38.3 Å². The molecule has 192 valence electrons. The predicted molar refractivity (Wildman–Crippen MR) is 135 cm³/mol. The van der Waals surface area contributed by atoms with E-state index in [1.165, 1.54) is 12.3 Å². The summed E-state index contributed by atoms with van der Waals surface area (Å²) in [5.74, 6) is -0.632. The Labute approximate surface area is 217 Å². The van der Waals surface area contributed by atoms with Crippen molar-refractivity contribution in [2.45, 2.75) is 12.6 Å². The predicted octanol–water partition coefficient (Wildman–Crippen LogP) is 3.44. The van der Waals surface area contributed by atoms with E-state index in [0.717, 1.165) is 6.20 Å². The van der Waals surface area contributed by atoms with Crippen LogP contribution in [-0.2, 0) is 20.8 Å². The highest BCUT2D eigenvalue weighted by Crippen LogP contribution is 2.31. The number of benzene rings is 1. The lowest BCUT2D eigenvalue weighted by Crippen LogP contribution is -2.44. The Morgan fingerprint density at radius 2 is 1.92 bits per heavy atom. The molecule has 1 aromatic carbocycles. The van der Waals surface area contributed by atoms with Crippen LogP contribution in [0.5, 0.6) is 0 Å². The average Bonchev–Trinajstić information content (AvgIpc) is 3.33. The van der Waals surface area contributed by atoms with E-state index in [1.807, 2.05) is 0 Å². The molecule has 0 aliphatic heterocycles. The molecule has 0 radical (unpaired) electrons. The van der Waals surface area contributed by atoms with Crippen LogP contribution in [0.25, 0.3) is 11.3 Å². The second kappa shape index (κ2) is 13.9. The van der Waals surface area contributed by atoms with Gasteiger partial charge in [-0.05, 0) is 36.4 Å². The fourth-order valence-electron chi connectivity index (χ4n) is 3.15. The Hall–Kier alpha value is -2.99. The molecule has 0 spiro atoms. The number of rotatable bonds is 14. The number of ether oxygens (including phenoxy) is 2. The average molecular weight is 537 g/mol. The van der Waals surface area contributed by atoms with Crippen molar-refractivity contribution in [1.82, 2.24) is 10.3 Å². The molecule has 36 heavy (non-hydrogen) atoms. The maximum atomic E-state index is 13.0. The minimum absolute atomic E-state index is 0.000998. The van der Waals surface area contributed by atoms with Gasteiger partial charge in [-0.1, -0.05) is 23.2 Å². The number of aromatic carboxylic acids is 1. The van der Waals surface area contributed by atoms with Crippen LogP contribution in [-0.4, -0.2) is 61.0 Å². The van der Waals surface area contributed by atoms with Crippen molar-refractivity contribution in [3.8, 4) is 11.3 Å². The summed E-state index contributed by atoms with van der Waals surface area (Å²) in [4.78, 5) is 28.3. The van der Waals surface area contributed by atoms with E-state index in [2.05, 4.69) is 15.6 Å². The van der Waals surface area contributed by atoms with Crippen LogP contribution in [0.3, 0.4) is 0 Å². The van der Waals surface area contributed by atoms with Gasteiger partial charge in [0.15, 0.2) is 0 Å². The molecule has 3 rings (SSSR count). The Morgan fingerprint density at radius 1 is 1.11 bits per heavy atom. The normalized spacial score (nSPS) is 11.9. The molecule has 1 atom stereocenters. The zero-order valence-electron chi connectivity index (χ0n) is 19.2. The second-order valence-electron chi connectivity index (χ2n) is 7.52. The highest BCUT2D eigenvalue weighted by Gasteiger charge is 2.22. The molecule has 3 aromatic rings. The molecular weight excluding hydrogens is 511 g/mol. The topological polar surface area (TPSA) is 149 Å². The lowest BCUT2D eigenvalue weighted by Gasteiger charge is -2.19. The Bertz CT molecular complexity index is 1170. The molecule has 5 N–H and O–H groups in total. The van der Waals surface area contributed by atoms with Crippen LogP contribution in [0.2, 0.25) is 10.0 Å². The van der Waals surface area contributed by atoms with Gasteiger partial charge in [-0.3, -0.25) is 15.1 Å². The number of carbonyl (C=O) groups is 2. The number of nitrogens with one attached hydrogen (secondary N) is 2. The fraction of sp³-hybridized carbons (Fsp3) is 0.292. The number of anilines is 1. The summed E-state index contributed by atoms with van der Waals surface area (Å²) in [7, 11) is 0. The number of nitrogens with zero attached hydrogens (tertiary/aromatic N) is 1. The summed E-state index contributed by atoms with van der Waals surface area (Å²) in [5.41, 5.74) is 6.02. The lowest BCUT2D eigenvalue weighted by molar-refractivity contribution is -0.119. The highest BCUT2D eigenvalue weighted by molar-refractivity contribution is 6.35. The number of pyridine rings is 1. The molecule has 0 aliphatic carbocycles. The minimum atomic E-state index is -1.21. The molecule has 0 aliphatic rings. The van der Waals surface area contributed by atoms with Crippen LogP contribution >= 0.6 is 23.2 Å². The first-order valence-corrected chi connectivity index (χ1v) is 11.8. The van der Waals surface area contributed by atoms with Crippen LogP contribution in [0, 0.1) is 0 Å². The molecule has 0 saturated heterocycles. The zero-order valence-corrected chi connectivity index (χ0v) is 20.7. The van der Waals surface area contributed by atoms with E-state index >= 15 is 0 Å². The van der Waals surface area contributed by atoms with Gasteiger partial charge in [-0.25, -0.2) is 4.79 Å². The standard InChI is InChI=1S/C24H26Cl2N4O6/c25-15-1-3-19(26)17(11-15)22-4-2-16(36-22)12-29-21(14-35-10-9-34-8-6-27)23(31)30-20-5-7-28-13-18(20)24(32)33/h1-5,7,11,13,21,29H,6,8-10,12,14,27H2,(H,32,33)(H,28,30,31). The van der Waals surface area contributed by atoms with E-state index in [-0.39, 0.29) is 31.0 Å². The van der Waals surface area contributed by atoms with Gasteiger partial charge in [0, 0.05) is 29.5 Å². The van der Waals surface area contributed by atoms with Crippen molar-refractivity contribution in [3.63, 3.8) is 0 Å². The van der Waals surface area contributed by atoms with E-state index in [4.69, 9.17) is 42.8 Å². The first-order valence-electron chi connectivity index (χ1n) is 11.0. The molecule has 2 aromatic heterocycles. The molecule has 1 amide bonds. The largest absolute Gasteiger partial charge is 0.478 e. The zero-order chi connectivity index (χ0) is 25.9. The summed E-state index contributed by atoms with van der Waals surface area (Å²) < 4.78 is 16.7. The smallest absolute Gasteiger partial charge is 0.339 e. The quantitative estimate of drug-likeness (QED) is 0.227. The van der Waals surface area contributed by atoms with Gasteiger partial charge in [0.2, 0.25) is 5.91 Å². The van der Waals surface area contributed by atoms with Crippen molar-refractivity contribution >= 4 is 40.8 Å². The molecule has 0 bridgehead atoms. The third-order valence-electron chi connectivity index (χ3n) is 4.92. The molecule has 1 unspecified atom stereocenters. The van der Waals surface area contributed by atoms with Crippen molar-refractivity contribution in [3.05, 3.63) is 70.2 Å². The van der Waals surface area contributed by atoms with Crippen LogP contribution in [0.4, 0.5) is 5.69 Å². The summed E-state index contributed by atoms with van der Waals surface area (Å²) in [6.07, 6.45) is 2.55.